The standard InChI is InChI=1S/C10H11NO2/c1-7-3-2-4-8(5-7)10(13)9(12)6-11/h2-5,9-10,12-13H,1H3. The predicted molar refractivity (Wildman–Crippen MR) is 47.8 cm³/mol. The minimum absolute atomic E-state index is 0.564. The van der Waals surface area contributed by atoms with Crippen LogP contribution in [0.5, 0.6) is 0 Å². The second-order valence-corrected chi connectivity index (χ2v) is 2.93. The summed E-state index contributed by atoms with van der Waals surface area (Å²) in [6.45, 7) is 1.88. The summed E-state index contributed by atoms with van der Waals surface area (Å²) in [6, 6.07) is 8.67. The summed E-state index contributed by atoms with van der Waals surface area (Å²) in [7, 11) is 0. The van der Waals surface area contributed by atoms with Gasteiger partial charge in [0.15, 0.2) is 6.10 Å². The highest BCUT2D eigenvalue weighted by atomic mass is 16.3. The maximum Gasteiger partial charge on any atom is 0.170 e. The zero-order chi connectivity index (χ0) is 9.84. The van der Waals surface area contributed by atoms with Crippen LogP contribution in [0.4, 0.5) is 0 Å². The molecule has 0 spiro atoms. The van der Waals surface area contributed by atoms with Crippen LogP contribution in [0.25, 0.3) is 0 Å². The first-order valence-corrected chi connectivity index (χ1v) is 3.97. The molecule has 0 saturated carbocycles. The van der Waals surface area contributed by atoms with E-state index < -0.39 is 12.2 Å². The van der Waals surface area contributed by atoms with Crippen LogP contribution in [0.2, 0.25) is 0 Å². The molecule has 1 aromatic carbocycles. The van der Waals surface area contributed by atoms with Gasteiger partial charge in [0, 0.05) is 0 Å². The maximum atomic E-state index is 9.44. The number of nitriles is 1. The molecule has 0 bridgehead atoms. The van der Waals surface area contributed by atoms with E-state index in [1.54, 1.807) is 24.3 Å². The van der Waals surface area contributed by atoms with Crippen molar-refractivity contribution >= 4 is 0 Å². The Morgan fingerprint density at radius 1 is 1.38 bits per heavy atom. The first-order valence-electron chi connectivity index (χ1n) is 3.97. The lowest BCUT2D eigenvalue weighted by molar-refractivity contribution is 0.0527. The molecular formula is C10H11NO2. The van der Waals surface area contributed by atoms with Gasteiger partial charge in [0.05, 0.1) is 6.07 Å². The highest BCUT2D eigenvalue weighted by Gasteiger charge is 2.16. The lowest BCUT2D eigenvalue weighted by Crippen LogP contribution is -2.15. The summed E-state index contributed by atoms with van der Waals surface area (Å²) in [5.74, 6) is 0. The Morgan fingerprint density at radius 3 is 2.62 bits per heavy atom. The average molecular weight is 177 g/mol. The minimum Gasteiger partial charge on any atom is -0.385 e. The van der Waals surface area contributed by atoms with Crippen LogP contribution in [0, 0.1) is 18.3 Å². The second-order valence-electron chi connectivity index (χ2n) is 2.93. The van der Waals surface area contributed by atoms with Gasteiger partial charge in [0.25, 0.3) is 0 Å². The fraction of sp³-hybridized carbons (Fsp3) is 0.300. The van der Waals surface area contributed by atoms with Gasteiger partial charge in [-0.25, -0.2) is 0 Å². The van der Waals surface area contributed by atoms with Crippen molar-refractivity contribution in [3.05, 3.63) is 35.4 Å². The third-order valence-electron chi connectivity index (χ3n) is 1.81. The number of benzene rings is 1. The molecule has 0 aliphatic carbocycles. The summed E-state index contributed by atoms with van der Waals surface area (Å²) in [6.07, 6.45) is -2.48. The molecule has 68 valence electrons. The number of nitrogens with zero attached hydrogens (tertiary/aromatic N) is 1. The van der Waals surface area contributed by atoms with Gasteiger partial charge < -0.3 is 10.2 Å². The van der Waals surface area contributed by atoms with Crippen molar-refractivity contribution in [3.63, 3.8) is 0 Å². The zero-order valence-corrected chi connectivity index (χ0v) is 7.31. The molecule has 0 aromatic heterocycles. The molecule has 0 heterocycles. The minimum atomic E-state index is -1.36. The van der Waals surface area contributed by atoms with E-state index in [1.165, 1.54) is 0 Å². The van der Waals surface area contributed by atoms with Crippen LogP contribution in [-0.4, -0.2) is 16.3 Å². The molecule has 0 amide bonds. The van der Waals surface area contributed by atoms with Crippen molar-refractivity contribution in [1.29, 1.82) is 5.26 Å². The predicted octanol–water partition coefficient (Wildman–Crippen LogP) is 0.913. The summed E-state index contributed by atoms with van der Waals surface area (Å²) in [5.41, 5.74) is 1.55. The van der Waals surface area contributed by atoms with Crippen molar-refractivity contribution in [2.24, 2.45) is 0 Å². The van der Waals surface area contributed by atoms with Gasteiger partial charge in [-0.2, -0.15) is 5.26 Å². The lowest BCUT2D eigenvalue weighted by Gasteiger charge is -2.11. The highest BCUT2D eigenvalue weighted by Crippen LogP contribution is 2.17. The van der Waals surface area contributed by atoms with Crippen LogP contribution >= 0.6 is 0 Å². The molecule has 2 atom stereocenters. The third-order valence-corrected chi connectivity index (χ3v) is 1.81. The van der Waals surface area contributed by atoms with Crippen molar-refractivity contribution in [3.8, 4) is 6.07 Å². The van der Waals surface area contributed by atoms with Crippen LogP contribution < -0.4 is 0 Å². The van der Waals surface area contributed by atoms with Crippen molar-refractivity contribution in [2.75, 3.05) is 0 Å². The smallest absolute Gasteiger partial charge is 0.170 e. The molecule has 0 aliphatic rings. The summed E-state index contributed by atoms with van der Waals surface area (Å²) >= 11 is 0. The second kappa shape index (κ2) is 4.04. The number of hydrogen-bond acceptors (Lipinski definition) is 3. The molecule has 0 aliphatic heterocycles. The number of hydrogen-bond donors (Lipinski definition) is 2. The SMILES string of the molecule is Cc1cccc(C(O)C(O)C#N)c1. The number of aliphatic hydroxyl groups excluding tert-OH is 2. The molecule has 1 rings (SSSR count). The van der Waals surface area contributed by atoms with Crippen molar-refractivity contribution < 1.29 is 10.2 Å². The Hall–Kier alpha value is -1.37. The molecular weight excluding hydrogens is 166 g/mol. The van der Waals surface area contributed by atoms with E-state index in [9.17, 15) is 5.11 Å². The quantitative estimate of drug-likeness (QED) is 0.660. The fourth-order valence-corrected chi connectivity index (χ4v) is 1.11. The lowest BCUT2D eigenvalue weighted by atomic mass is 10.0. The monoisotopic (exact) mass is 177 g/mol. The molecule has 3 nitrogen and oxygen atoms in total. The van der Waals surface area contributed by atoms with Gasteiger partial charge >= 0.3 is 0 Å². The largest absolute Gasteiger partial charge is 0.385 e. The van der Waals surface area contributed by atoms with E-state index >= 15 is 0 Å². The Morgan fingerprint density at radius 2 is 2.08 bits per heavy atom. The van der Waals surface area contributed by atoms with Crippen molar-refractivity contribution in [1.82, 2.24) is 0 Å². The topological polar surface area (TPSA) is 64.2 Å². The number of aryl methyl sites for hydroxylation is 1. The molecule has 1 aromatic rings. The van der Waals surface area contributed by atoms with Crippen LogP contribution in [0.3, 0.4) is 0 Å². The Balaban J connectivity index is 2.90. The van der Waals surface area contributed by atoms with Gasteiger partial charge in [0.2, 0.25) is 0 Å². The Labute approximate surface area is 76.9 Å². The number of aliphatic hydroxyl groups is 2. The molecule has 0 radical (unpaired) electrons. The summed E-state index contributed by atoms with van der Waals surface area (Å²) < 4.78 is 0. The van der Waals surface area contributed by atoms with E-state index in [0.29, 0.717) is 5.56 Å². The fourth-order valence-electron chi connectivity index (χ4n) is 1.11. The van der Waals surface area contributed by atoms with E-state index in [1.807, 2.05) is 13.0 Å². The van der Waals surface area contributed by atoms with Crippen molar-refractivity contribution in [2.45, 2.75) is 19.1 Å². The maximum absolute atomic E-state index is 9.44. The average Bonchev–Trinajstić information content (AvgIpc) is 2.15. The normalized spacial score (nSPS) is 14.6. The molecule has 3 heteroatoms. The molecule has 2 N–H and O–H groups in total. The molecule has 13 heavy (non-hydrogen) atoms. The first kappa shape index (κ1) is 9.72. The van der Waals surface area contributed by atoms with Crippen LogP contribution in [-0.2, 0) is 0 Å². The molecule has 0 saturated heterocycles. The molecule has 0 fully saturated rings. The summed E-state index contributed by atoms with van der Waals surface area (Å²) in [5, 5.41) is 26.9. The van der Waals surface area contributed by atoms with E-state index in [2.05, 4.69) is 0 Å². The van der Waals surface area contributed by atoms with Gasteiger partial charge in [-0.15, -0.1) is 0 Å². The van der Waals surface area contributed by atoms with E-state index in [-0.39, 0.29) is 0 Å². The van der Waals surface area contributed by atoms with Gasteiger partial charge in [-0.1, -0.05) is 29.8 Å². The van der Waals surface area contributed by atoms with Gasteiger partial charge in [-0.05, 0) is 12.5 Å². The number of rotatable bonds is 2. The zero-order valence-electron chi connectivity index (χ0n) is 7.31. The first-order chi connectivity index (χ1) is 6.15. The third kappa shape index (κ3) is 2.28. The summed E-state index contributed by atoms with van der Waals surface area (Å²) in [4.78, 5) is 0. The Bertz CT molecular complexity index is 330. The van der Waals surface area contributed by atoms with E-state index in [0.717, 1.165) is 5.56 Å². The van der Waals surface area contributed by atoms with Crippen LogP contribution in [0.1, 0.15) is 17.2 Å². The van der Waals surface area contributed by atoms with Crippen LogP contribution in [0.15, 0.2) is 24.3 Å². The highest BCUT2D eigenvalue weighted by molar-refractivity contribution is 5.25. The Kier molecular flexibility index (Phi) is 3.02. The molecule has 2 unspecified atom stereocenters. The van der Waals surface area contributed by atoms with Gasteiger partial charge in [0.1, 0.15) is 6.10 Å². The van der Waals surface area contributed by atoms with E-state index in [4.69, 9.17) is 10.4 Å². The van der Waals surface area contributed by atoms with Gasteiger partial charge in [-0.3, -0.25) is 0 Å².